The Labute approximate surface area is 164 Å². The molecule has 0 fully saturated rings. The minimum absolute atomic E-state index is 0.266. The number of anilines is 2. The standard InChI is InChI=1S/C19H17N5OS2/c1-10(2)13-4-3-12-15(20)16(27-18(12)22-13)17(25)24-19-23-14(9-26-19)11-5-7-21-8-6-11/h3-10H,20H2,1-2H3,(H,23,24,25). The van der Waals surface area contributed by atoms with E-state index < -0.39 is 0 Å². The molecule has 4 aromatic heterocycles. The topological polar surface area (TPSA) is 93.8 Å². The van der Waals surface area contributed by atoms with Crippen molar-refractivity contribution < 1.29 is 4.79 Å². The zero-order chi connectivity index (χ0) is 19.0. The number of hydrogen-bond acceptors (Lipinski definition) is 7. The first-order chi connectivity index (χ1) is 13.0. The van der Waals surface area contributed by atoms with E-state index in [2.05, 4.69) is 34.1 Å². The van der Waals surface area contributed by atoms with Gasteiger partial charge in [-0.05, 0) is 30.2 Å². The Morgan fingerprint density at radius 3 is 2.67 bits per heavy atom. The smallest absolute Gasteiger partial charge is 0.269 e. The van der Waals surface area contributed by atoms with Crippen molar-refractivity contribution in [1.29, 1.82) is 0 Å². The molecule has 0 radical (unpaired) electrons. The minimum Gasteiger partial charge on any atom is -0.397 e. The average Bonchev–Trinajstić information content (AvgIpc) is 3.27. The molecule has 4 rings (SSSR count). The van der Waals surface area contributed by atoms with E-state index in [0.717, 1.165) is 27.2 Å². The predicted octanol–water partition coefficient (Wildman–Crippen LogP) is 4.77. The minimum atomic E-state index is -0.266. The van der Waals surface area contributed by atoms with Crippen LogP contribution in [0.25, 0.3) is 21.5 Å². The van der Waals surface area contributed by atoms with Gasteiger partial charge in [-0.2, -0.15) is 0 Å². The van der Waals surface area contributed by atoms with Gasteiger partial charge in [-0.3, -0.25) is 15.1 Å². The summed E-state index contributed by atoms with van der Waals surface area (Å²) < 4.78 is 0. The number of nitrogen functional groups attached to an aromatic ring is 1. The number of pyridine rings is 2. The summed E-state index contributed by atoms with van der Waals surface area (Å²) in [4.78, 5) is 27.1. The predicted molar refractivity (Wildman–Crippen MR) is 111 cm³/mol. The van der Waals surface area contributed by atoms with E-state index in [1.165, 1.54) is 22.7 Å². The lowest BCUT2D eigenvalue weighted by atomic mass is 10.1. The molecular formula is C19H17N5OS2. The van der Waals surface area contributed by atoms with Crippen LogP contribution in [0.3, 0.4) is 0 Å². The van der Waals surface area contributed by atoms with Gasteiger partial charge < -0.3 is 5.73 Å². The van der Waals surface area contributed by atoms with Gasteiger partial charge in [0.25, 0.3) is 5.91 Å². The summed E-state index contributed by atoms with van der Waals surface area (Å²) in [5, 5.41) is 6.08. The molecule has 27 heavy (non-hydrogen) atoms. The van der Waals surface area contributed by atoms with Crippen LogP contribution in [-0.4, -0.2) is 20.9 Å². The summed E-state index contributed by atoms with van der Waals surface area (Å²) >= 11 is 2.68. The average molecular weight is 396 g/mol. The quantitative estimate of drug-likeness (QED) is 0.519. The van der Waals surface area contributed by atoms with Crippen LogP contribution in [0.15, 0.2) is 42.0 Å². The van der Waals surface area contributed by atoms with Crippen LogP contribution >= 0.6 is 22.7 Å². The molecule has 4 heterocycles. The van der Waals surface area contributed by atoms with Crippen LogP contribution in [0.1, 0.15) is 35.1 Å². The zero-order valence-electron chi connectivity index (χ0n) is 14.8. The second-order valence-corrected chi connectivity index (χ2v) is 8.17. The lowest BCUT2D eigenvalue weighted by Gasteiger charge is -2.03. The van der Waals surface area contributed by atoms with Gasteiger partial charge in [0.2, 0.25) is 0 Å². The van der Waals surface area contributed by atoms with Crippen LogP contribution in [-0.2, 0) is 0 Å². The molecule has 0 aromatic carbocycles. The first-order valence-corrected chi connectivity index (χ1v) is 10.1. The number of thiophene rings is 1. The van der Waals surface area contributed by atoms with Crippen molar-refractivity contribution in [2.24, 2.45) is 0 Å². The molecule has 0 saturated heterocycles. The molecule has 0 spiro atoms. The number of thiazole rings is 1. The van der Waals surface area contributed by atoms with Crippen molar-refractivity contribution >= 4 is 49.6 Å². The third-order valence-corrected chi connectivity index (χ3v) is 5.99. The zero-order valence-corrected chi connectivity index (χ0v) is 16.4. The lowest BCUT2D eigenvalue weighted by Crippen LogP contribution is -2.11. The van der Waals surface area contributed by atoms with E-state index in [1.54, 1.807) is 12.4 Å². The number of nitrogens with two attached hydrogens (primary N) is 1. The van der Waals surface area contributed by atoms with Crippen LogP contribution in [0.5, 0.6) is 0 Å². The van der Waals surface area contributed by atoms with E-state index in [1.807, 2.05) is 29.6 Å². The number of carbonyl (C=O) groups is 1. The maximum absolute atomic E-state index is 12.7. The first kappa shape index (κ1) is 17.6. The van der Waals surface area contributed by atoms with Gasteiger partial charge in [0, 0.05) is 34.4 Å². The largest absolute Gasteiger partial charge is 0.397 e. The Bertz CT molecular complexity index is 1120. The van der Waals surface area contributed by atoms with Gasteiger partial charge in [0.15, 0.2) is 5.13 Å². The van der Waals surface area contributed by atoms with E-state index in [4.69, 9.17) is 5.73 Å². The summed E-state index contributed by atoms with van der Waals surface area (Å²) in [6.07, 6.45) is 3.42. The fraction of sp³-hybridized carbons (Fsp3) is 0.158. The molecule has 136 valence electrons. The second-order valence-electron chi connectivity index (χ2n) is 6.32. The van der Waals surface area contributed by atoms with Crippen LogP contribution in [0, 0.1) is 0 Å². The summed E-state index contributed by atoms with van der Waals surface area (Å²) in [5.41, 5.74) is 9.39. The Morgan fingerprint density at radius 2 is 1.93 bits per heavy atom. The van der Waals surface area contributed by atoms with E-state index in [9.17, 15) is 4.79 Å². The van der Waals surface area contributed by atoms with E-state index in [-0.39, 0.29) is 5.91 Å². The molecule has 0 aliphatic rings. The number of aromatic nitrogens is 3. The van der Waals surface area contributed by atoms with Crippen molar-refractivity contribution in [2.75, 3.05) is 11.1 Å². The molecule has 4 aromatic rings. The molecular weight excluding hydrogens is 378 g/mol. The number of fused-ring (bicyclic) bond motifs is 1. The molecule has 0 aliphatic carbocycles. The Balaban J connectivity index is 1.60. The van der Waals surface area contributed by atoms with Crippen molar-refractivity contribution in [2.45, 2.75) is 19.8 Å². The van der Waals surface area contributed by atoms with Gasteiger partial charge in [-0.25, -0.2) is 9.97 Å². The number of nitrogens with zero attached hydrogens (tertiary/aromatic N) is 3. The second kappa shape index (κ2) is 7.05. The third kappa shape index (κ3) is 3.41. The van der Waals surface area contributed by atoms with Crippen molar-refractivity contribution in [1.82, 2.24) is 15.0 Å². The fourth-order valence-corrected chi connectivity index (χ4v) is 4.35. The van der Waals surface area contributed by atoms with Gasteiger partial charge in [-0.1, -0.05) is 13.8 Å². The molecule has 0 unspecified atom stereocenters. The van der Waals surface area contributed by atoms with Crippen LogP contribution < -0.4 is 11.1 Å². The number of amides is 1. The number of carbonyl (C=O) groups excluding carboxylic acids is 1. The van der Waals surface area contributed by atoms with Gasteiger partial charge in [0.1, 0.15) is 9.71 Å². The highest BCUT2D eigenvalue weighted by Crippen LogP contribution is 2.34. The molecule has 0 bridgehead atoms. The Morgan fingerprint density at radius 1 is 1.15 bits per heavy atom. The summed E-state index contributed by atoms with van der Waals surface area (Å²) in [7, 11) is 0. The molecule has 1 amide bonds. The fourth-order valence-electron chi connectivity index (χ4n) is 2.64. The Kier molecular flexibility index (Phi) is 4.59. The third-order valence-electron chi connectivity index (χ3n) is 4.11. The van der Waals surface area contributed by atoms with Gasteiger partial charge >= 0.3 is 0 Å². The monoisotopic (exact) mass is 395 g/mol. The lowest BCUT2D eigenvalue weighted by molar-refractivity contribution is 0.103. The molecule has 0 saturated carbocycles. The Hall–Kier alpha value is -2.84. The highest BCUT2D eigenvalue weighted by atomic mass is 32.1. The summed E-state index contributed by atoms with van der Waals surface area (Å²) in [5.74, 6) is 0.0501. The van der Waals surface area contributed by atoms with E-state index in [0.29, 0.717) is 21.6 Å². The highest BCUT2D eigenvalue weighted by Gasteiger charge is 2.19. The van der Waals surface area contributed by atoms with Gasteiger partial charge in [-0.15, -0.1) is 22.7 Å². The maximum atomic E-state index is 12.7. The number of hydrogen-bond donors (Lipinski definition) is 2. The van der Waals surface area contributed by atoms with Crippen LogP contribution in [0.4, 0.5) is 10.8 Å². The highest BCUT2D eigenvalue weighted by molar-refractivity contribution is 7.21. The van der Waals surface area contributed by atoms with Crippen molar-refractivity contribution in [3.8, 4) is 11.3 Å². The maximum Gasteiger partial charge on any atom is 0.269 e. The summed E-state index contributed by atoms with van der Waals surface area (Å²) in [6, 6.07) is 7.65. The molecule has 8 heteroatoms. The summed E-state index contributed by atoms with van der Waals surface area (Å²) in [6.45, 7) is 4.17. The van der Waals surface area contributed by atoms with Crippen molar-refractivity contribution in [3.63, 3.8) is 0 Å². The van der Waals surface area contributed by atoms with Crippen LogP contribution in [0.2, 0.25) is 0 Å². The number of rotatable bonds is 4. The molecule has 3 N–H and O–H groups in total. The van der Waals surface area contributed by atoms with Crippen molar-refractivity contribution in [3.05, 3.63) is 52.6 Å². The van der Waals surface area contributed by atoms with Gasteiger partial charge in [0.05, 0.1) is 11.4 Å². The normalized spacial score (nSPS) is 11.2. The van der Waals surface area contributed by atoms with E-state index >= 15 is 0 Å². The number of nitrogens with one attached hydrogen (secondary N) is 1. The molecule has 0 atom stereocenters. The molecule has 6 nitrogen and oxygen atoms in total. The molecule has 0 aliphatic heterocycles. The SMILES string of the molecule is CC(C)c1ccc2c(N)c(C(=O)Nc3nc(-c4ccncc4)cs3)sc2n1. The first-order valence-electron chi connectivity index (χ1n) is 8.39.